The number of benzene rings is 3. The van der Waals surface area contributed by atoms with Crippen molar-refractivity contribution in [1.82, 2.24) is 0 Å². The van der Waals surface area contributed by atoms with Gasteiger partial charge < -0.3 is 19.3 Å². The highest BCUT2D eigenvalue weighted by atomic mass is 16.6. The van der Waals surface area contributed by atoms with Crippen LogP contribution in [0.25, 0.3) is 0 Å². The average Bonchev–Trinajstić information content (AvgIpc) is 3.41. The van der Waals surface area contributed by atoms with Crippen molar-refractivity contribution in [3.63, 3.8) is 0 Å². The van der Waals surface area contributed by atoms with Crippen LogP contribution in [0.4, 0.5) is 5.69 Å². The highest BCUT2D eigenvalue weighted by Crippen LogP contribution is 2.66. The zero-order valence-electron chi connectivity index (χ0n) is 19.8. The first-order valence-corrected chi connectivity index (χ1v) is 12.6. The minimum absolute atomic E-state index is 0.130. The van der Waals surface area contributed by atoms with Crippen molar-refractivity contribution in [1.29, 1.82) is 0 Å². The first-order valence-electron chi connectivity index (χ1n) is 12.6. The molecule has 6 atom stereocenters. The Hall–Kier alpha value is -3.44. The molecule has 35 heavy (non-hydrogen) atoms. The Morgan fingerprint density at radius 1 is 0.943 bits per heavy atom. The van der Waals surface area contributed by atoms with Crippen molar-refractivity contribution >= 4 is 17.9 Å². The summed E-state index contributed by atoms with van der Waals surface area (Å²) in [5.41, 5.74) is 2.47. The molecule has 178 valence electrons. The predicted octanol–water partition coefficient (Wildman–Crippen LogP) is 4.58. The SMILES string of the molecule is O=C[C@@H](C[N+]12CCC3C(C1)[C@@]3(OC(=O)C(Nc1ccccc1)c1ccccc1)C2)c1ccccc1. The van der Waals surface area contributed by atoms with Gasteiger partial charge in [0.15, 0.2) is 11.6 Å². The maximum absolute atomic E-state index is 13.7. The van der Waals surface area contributed by atoms with Gasteiger partial charge in [0.1, 0.15) is 12.8 Å². The van der Waals surface area contributed by atoms with E-state index in [1.165, 1.54) is 0 Å². The fraction of sp³-hybridized carbons (Fsp3) is 0.333. The van der Waals surface area contributed by atoms with Gasteiger partial charge in [-0.25, -0.2) is 4.79 Å². The van der Waals surface area contributed by atoms with Gasteiger partial charge in [-0.2, -0.15) is 0 Å². The maximum atomic E-state index is 13.7. The zero-order valence-corrected chi connectivity index (χ0v) is 19.8. The molecule has 4 bridgehead atoms. The van der Waals surface area contributed by atoms with Crippen molar-refractivity contribution in [2.75, 3.05) is 31.5 Å². The second-order valence-electron chi connectivity index (χ2n) is 10.5. The van der Waals surface area contributed by atoms with E-state index in [2.05, 4.69) is 5.32 Å². The molecule has 1 N–H and O–H groups in total. The van der Waals surface area contributed by atoms with E-state index in [-0.39, 0.29) is 17.5 Å². The number of hydrogen-bond donors (Lipinski definition) is 1. The molecule has 0 spiro atoms. The predicted molar refractivity (Wildman–Crippen MR) is 135 cm³/mol. The molecule has 4 fully saturated rings. The van der Waals surface area contributed by atoms with Crippen LogP contribution in [0.2, 0.25) is 0 Å². The van der Waals surface area contributed by atoms with E-state index < -0.39 is 6.04 Å². The summed E-state index contributed by atoms with van der Waals surface area (Å²) < 4.78 is 7.31. The smallest absolute Gasteiger partial charge is 0.334 e. The quantitative estimate of drug-likeness (QED) is 0.284. The fourth-order valence-electron chi connectivity index (χ4n) is 6.76. The van der Waals surface area contributed by atoms with Crippen LogP contribution in [0.3, 0.4) is 0 Å². The molecule has 7 rings (SSSR count). The van der Waals surface area contributed by atoms with Gasteiger partial charge >= 0.3 is 5.97 Å². The molecule has 3 heterocycles. The number of rotatable bonds is 9. The third-order valence-corrected chi connectivity index (χ3v) is 8.43. The van der Waals surface area contributed by atoms with Crippen molar-refractivity contribution in [2.24, 2.45) is 11.8 Å². The molecule has 4 aliphatic rings. The molecule has 3 aromatic carbocycles. The number of piperidine rings is 3. The molecular weight excluding hydrogens is 436 g/mol. The average molecular weight is 468 g/mol. The Bertz CT molecular complexity index is 1200. The molecule has 0 amide bonds. The molecule has 3 aromatic rings. The standard InChI is InChI=1S/C30H31N2O3/c33-20-24(22-10-4-1-5-11-22)18-32-17-16-26-27(19-32)30(26,21-32)35-29(34)28(23-12-6-2-7-13-23)31-25-14-8-3-9-15-25/h1-15,20,24,26-28,31H,16-19,21H2/q+1/t24-,26?,27?,28?,30-,32?/m1/s1. The van der Waals surface area contributed by atoms with E-state index in [1.807, 2.05) is 91.0 Å². The van der Waals surface area contributed by atoms with E-state index in [0.717, 1.165) is 60.2 Å². The second-order valence-corrected chi connectivity index (χ2v) is 10.5. The molecule has 5 nitrogen and oxygen atoms in total. The van der Waals surface area contributed by atoms with Crippen LogP contribution in [-0.2, 0) is 14.3 Å². The third kappa shape index (κ3) is 3.94. The largest absolute Gasteiger partial charge is 0.450 e. The fourth-order valence-corrected chi connectivity index (χ4v) is 6.76. The summed E-state index contributed by atoms with van der Waals surface area (Å²) in [5, 5.41) is 3.40. The molecular formula is C30H31N2O3+. The molecule has 0 aromatic heterocycles. The van der Waals surface area contributed by atoms with Crippen LogP contribution >= 0.6 is 0 Å². The summed E-state index contributed by atoms with van der Waals surface area (Å²) >= 11 is 0. The number of carbonyl (C=O) groups is 2. The molecule has 3 aliphatic heterocycles. The highest BCUT2D eigenvalue weighted by molar-refractivity contribution is 5.82. The van der Waals surface area contributed by atoms with Crippen molar-refractivity contribution < 1.29 is 18.8 Å². The highest BCUT2D eigenvalue weighted by Gasteiger charge is 2.80. The number of nitrogens with one attached hydrogen (secondary N) is 1. The van der Waals surface area contributed by atoms with Gasteiger partial charge in [-0.15, -0.1) is 0 Å². The van der Waals surface area contributed by atoms with Crippen molar-refractivity contribution in [3.8, 4) is 0 Å². The van der Waals surface area contributed by atoms with Crippen LogP contribution < -0.4 is 5.32 Å². The summed E-state index contributed by atoms with van der Waals surface area (Å²) in [6.07, 6.45) is 2.15. The number of quaternary nitrogens is 1. The van der Waals surface area contributed by atoms with Crippen LogP contribution in [0, 0.1) is 11.8 Å². The van der Waals surface area contributed by atoms with Gasteiger partial charge in [0.25, 0.3) is 0 Å². The molecule has 5 heteroatoms. The normalized spacial score (nSPS) is 29.6. The van der Waals surface area contributed by atoms with Gasteiger partial charge in [-0.05, 0) is 23.3 Å². The van der Waals surface area contributed by atoms with Crippen LogP contribution in [0.1, 0.15) is 29.5 Å². The number of hydrogen-bond acceptors (Lipinski definition) is 4. The maximum Gasteiger partial charge on any atom is 0.334 e. The number of carbonyl (C=O) groups excluding carboxylic acids is 2. The lowest BCUT2D eigenvalue weighted by molar-refractivity contribution is -0.931. The minimum Gasteiger partial charge on any atom is -0.450 e. The minimum atomic E-state index is -0.566. The van der Waals surface area contributed by atoms with E-state index in [4.69, 9.17) is 4.74 Å². The van der Waals surface area contributed by atoms with Gasteiger partial charge in [-0.3, -0.25) is 0 Å². The van der Waals surface area contributed by atoms with Crippen molar-refractivity contribution in [2.45, 2.75) is 24.0 Å². The zero-order chi connectivity index (χ0) is 23.9. The van der Waals surface area contributed by atoms with E-state index >= 15 is 0 Å². The lowest BCUT2D eigenvalue weighted by Gasteiger charge is -2.43. The summed E-state index contributed by atoms with van der Waals surface area (Å²) in [4.78, 5) is 25.7. The number of aldehydes is 1. The van der Waals surface area contributed by atoms with Gasteiger partial charge in [0.2, 0.25) is 0 Å². The van der Waals surface area contributed by atoms with Gasteiger partial charge in [-0.1, -0.05) is 78.9 Å². The van der Waals surface area contributed by atoms with E-state index in [1.54, 1.807) is 0 Å². The number of anilines is 1. The molecule has 0 radical (unpaired) electrons. The third-order valence-electron chi connectivity index (χ3n) is 8.43. The van der Waals surface area contributed by atoms with Crippen LogP contribution in [0.5, 0.6) is 0 Å². The summed E-state index contributed by atoms with van der Waals surface area (Å²) in [7, 11) is 0. The van der Waals surface area contributed by atoms with Gasteiger partial charge in [0, 0.05) is 18.0 Å². The lowest BCUT2D eigenvalue weighted by atomic mass is 9.95. The Kier molecular flexibility index (Phi) is 5.45. The van der Waals surface area contributed by atoms with E-state index in [9.17, 15) is 9.59 Å². The second kappa shape index (κ2) is 8.65. The Labute approximate surface area is 206 Å². The van der Waals surface area contributed by atoms with Crippen molar-refractivity contribution in [3.05, 3.63) is 102 Å². The first-order chi connectivity index (χ1) is 17.1. The Morgan fingerprint density at radius 3 is 2.23 bits per heavy atom. The molecule has 1 aliphatic carbocycles. The number of fused-ring (bicyclic) bond motifs is 1. The van der Waals surface area contributed by atoms with E-state index in [0.29, 0.717) is 11.8 Å². The van der Waals surface area contributed by atoms with Crippen LogP contribution in [0.15, 0.2) is 91.0 Å². The summed E-state index contributed by atoms with van der Waals surface area (Å²) in [6, 6.07) is 29.1. The molecule has 3 saturated heterocycles. The number of nitrogens with zero attached hydrogens (tertiary/aromatic N) is 1. The lowest BCUT2D eigenvalue weighted by Crippen LogP contribution is -2.57. The summed E-state index contributed by atoms with van der Waals surface area (Å²) in [6.45, 7) is 3.65. The number of esters is 1. The topological polar surface area (TPSA) is 55.4 Å². The monoisotopic (exact) mass is 467 g/mol. The summed E-state index contributed by atoms with van der Waals surface area (Å²) in [5.74, 6) is 0.502. The molecule has 1 saturated carbocycles. The van der Waals surface area contributed by atoms with Crippen LogP contribution in [-0.4, -0.2) is 48.5 Å². The van der Waals surface area contributed by atoms with Gasteiger partial charge in [0.05, 0.1) is 31.5 Å². The number of ether oxygens (including phenoxy) is 1. The Morgan fingerprint density at radius 2 is 1.57 bits per heavy atom. The first kappa shape index (κ1) is 22.1. The number of para-hydroxylation sites is 1. The Balaban J connectivity index is 1.21. The molecule has 4 unspecified atom stereocenters.